The Morgan fingerprint density at radius 2 is 2.24 bits per heavy atom. The molecule has 0 aromatic heterocycles. The van der Waals surface area contributed by atoms with E-state index < -0.39 is 18.1 Å². The number of alkyl halides is 2. The first-order chi connectivity index (χ1) is 9.76. The third-order valence-electron chi connectivity index (χ3n) is 3.27. The summed E-state index contributed by atoms with van der Waals surface area (Å²) in [5, 5.41) is 17.4. The van der Waals surface area contributed by atoms with E-state index in [-0.39, 0.29) is 6.04 Å². The molecule has 2 N–H and O–H groups in total. The molecule has 9 heteroatoms. The number of nitriles is 1. The van der Waals surface area contributed by atoms with Gasteiger partial charge in [0, 0.05) is 25.7 Å². The summed E-state index contributed by atoms with van der Waals surface area (Å²) in [4.78, 5) is 18.1. The lowest BCUT2D eigenvalue weighted by atomic mass is 9.99. The second-order valence-corrected chi connectivity index (χ2v) is 5.26. The number of nitrogens with one attached hydrogen (secondary N) is 1. The van der Waals surface area contributed by atoms with Gasteiger partial charge in [0.15, 0.2) is 0 Å². The van der Waals surface area contributed by atoms with E-state index in [2.05, 4.69) is 16.4 Å². The molecule has 1 heterocycles. The Hall–Kier alpha value is -1.34. The molecule has 2 atom stereocenters. The summed E-state index contributed by atoms with van der Waals surface area (Å²) in [5.74, 6) is -2.34. The van der Waals surface area contributed by atoms with Gasteiger partial charge in [0.05, 0.1) is 12.1 Å². The Morgan fingerprint density at radius 3 is 2.76 bits per heavy atom. The average molecular weight is 306 g/mol. The van der Waals surface area contributed by atoms with Crippen LogP contribution in [-0.2, 0) is 9.63 Å². The molecule has 0 spiro atoms. The fourth-order valence-corrected chi connectivity index (χ4v) is 2.06. The van der Waals surface area contributed by atoms with E-state index in [1.807, 2.05) is 23.9 Å². The van der Waals surface area contributed by atoms with Crippen LogP contribution >= 0.6 is 0 Å². The first-order valence-electron chi connectivity index (χ1n) is 6.59. The number of likely N-dealkylation sites (N-methyl/N-ethyl adjacent to an activating group) is 1. The topological polar surface area (TPSA) is 88.8 Å². The minimum absolute atomic E-state index is 0.261. The zero-order valence-corrected chi connectivity index (χ0v) is 12.1. The molecule has 0 radical (unpaired) electrons. The molecular formula is C12H20F2N4O3. The third-order valence-corrected chi connectivity index (χ3v) is 3.27. The molecule has 0 aromatic carbocycles. The van der Waals surface area contributed by atoms with Crippen molar-refractivity contribution in [2.24, 2.45) is 0 Å². The van der Waals surface area contributed by atoms with Gasteiger partial charge in [-0.2, -0.15) is 19.5 Å². The highest BCUT2D eigenvalue weighted by Crippen LogP contribution is 2.19. The normalized spacial score (nSPS) is 24.0. The summed E-state index contributed by atoms with van der Waals surface area (Å²) in [6, 6.07) is 1.48. The van der Waals surface area contributed by atoms with E-state index in [1.165, 1.54) is 0 Å². The Morgan fingerprint density at radius 1 is 1.57 bits per heavy atom. The molecule has 1 aliphatic heterocycles. The first-order valence-corrected chi connectivity index (χ1v) is 6.59. The molecule has 1 unspecified atom stereocenters. The van der Waals surface area contributed by atoms with E-state index in [9.17, 15) is 13.6 Å². The maximum Gasteiger partial charge on any atom is 0.471 e. The van der Waals surface area contributed by atoms with Gasteiger partial charge in [-0.15, -0.1) is 0 Å². The molecule has 21 heavy (non-hydrogen) atoms. The fraction of sp³-hybridized carbons (Fsp3) is 0.833. The van der Waals surface area contributed by atoms with Gasteiger partial charge in [-0.1, -0.05) is 0 Å². The zero-order valence-electron chi connectivity index (χ0n) is 12.1. The number of hydrogen-bond donors (Lipinski definition) is 2. The number of carbonyl (C=O) groups is 1. The van der Waals surface area contributed by atoms with Gasteiger partial charge >= 0.3 is 12.1 Å². The van der Waals surface area contributed by atoms with Crippen molar-refractivity contribution in [2.45, 2.75) is 31.0 Å². The number of carboxylic acid groups (broad SMARTS) is 1. The number of nitrogens with zero attached hydrogens (tertiary/aromatic N) is 3. The molecule has 0 bridgehead atoms. The van der Waals surface area contributed by atoms with E-state index in [1.54, 1.807) is 0 Å². The van der Waals surface area contributed by atoms with Crippen molar-refractivity contribution >= 4 is 5.97 Å². The smallest absolute Gasteiger partial charge is 0.471 e. The first kappa shape index (κ1) is 17.7. The van der Waals surface area contributed by atoms with Gasteiger partial charge in [0.25, 0.3) is 0 Å². The Labute approximate surface area is 122 Å². The maximum atomic E-state index is 12.8. The molecule has 1 fully saturated rings. The van der Waals surface area contributed by atoms with Crippen molar-refractivity contribution in [1.82, 2.24) is 15.3 Å². The Bertz CT molecular complexity index is 400. The predicted octanol–water partition coefficient (Wildman–Crippen LogP) is 0.103. The van der Waals surface area contributed by atoms with Gasteiger partial charge < -0.3 is 10.0 Å². The van der Waals surface area contributed by atoms with E-state index >= 15 is 0 Å². The molecular weight excluding hydrogens is 286 g/mol. The van der Waals surface area contributed by atoms with Crippen LogP contribution in [0.15, 0.2) is 0 Å². The van der Waals surface area contributed by atoms with Crippen LogP contribution in [0.25, 0.3) is 0 Å². The number of hydrogen-bond acceptors (Lipinski definition) is 6. The lowest BCUT2D eigenvalue weighted by Crippen LogP contribution is -2.53. The third kappa shape index (κ3) is 5.51. The van der Waals surface area contributed by atoms with Crippen LogP contribution in [-0.4, -0.2) is 72.8 Å². The largest absolute Gasteiger partial charge is 0.475 e. The second-order valence-electron chi connectivity index (χ2n) is 5.26. The minimum atomic E-state index is -4.26. The number of rotatable bonds is 7. The number of carboxylic acids is 1. The number of halogens is 2. The van der Waals surface area contributed by atoms with Gasteiger partial charge in [-0.3, -0.25) is 4.90 Å². The summed E-state index contributed by atoms with van der Waals surface area (Å²) in [6.45, 7) is 1.71. The van der Waals surface area contributed by atoms with Crippen LogP contribution in [0.5, 0.6) is 0 Å². The minimum Gasteiger partial charge on any atom is -0.475 e. The van der Waals surface area contributed by atoms with Crippen LogP contribution < -0.4 is 5.48 Å². The van der Waals surface area contributed by atoms with Crippen LogP contribution in [0, 0.1) is 11.3 Å². The predicted molar refractivity (Wildman–Crippen MR) is 69.4 cm³/mol. The van der Waals surface area contributed by atoms with Crippen molar-refractivity contribution in [3.05, 3.63) is 0 Å². The number of hydroxylamine groups is 1. The zero-order chi connectivity index (χ0) is 16.0. The van der Waals surface area contributed by atoms with Crippen molar-refractivity contribution in [2.75, 3.05) is 33.7 Å². The standard InChI is InChI=1S/C12H20F2N4O3/c1-17(2)5-6-18-8-9(3-4-10(18)7-15)16-21-12(13,14)11(19)20/h9-10,16H,3-6,8H2,1-2H3,(H,19,20)/t9?,10-/m0/s1. The molecule has 7 nitrogen and oxygen atoms in total. The van der Waals surface area contributed by atoms with Gasteiger partial charge in [-0.25, -0.2) is 9.63 Å². The Balaban J connectivity index is 2.51. The van der Waals surface area contributed by atoms with E-state index in [4.69, 9.17) is 10.4 Å². The van der Waals surface area contributed by atoms with Gasteiger partial charge in [0.1, 0.15) is 0 Å². The summed E-state index contributed by atoms with van der Waals surface area (Å²) in [6.07, 6.45) is -3.28. The molecule has 1 aliphatic rings. The molecule has 0 aliphatic carbocycles. The highest BCUT2D eigenvalue weighted by atomic mass is 19.3. The lowest BCUT2D eigenvalue weighted by Gasteiger charge is -2.37. The summed E-state index contributed by atoms with van der Waals surface area (Å²) in [5.41, 5.74) is 2.11. The summed E-state index contributed by atoms with van der Waals surface area (Å²) < 4.78 is 25.7. The van der Waals surface area contributed by atoms with Gasteiger partial charge in [-0.05, 0) is 26.9 Å². The van der Waals surface area contributed by atoms with E-state index in [0.29, 0.717) is 25.9 Å². The highest BCUT2D eigenvalue weighted by Gasteiger charge is 2.42. The number of aliphatic carboxylic acids is 1. The van der Waals surface area contributed by atoms with Crippen LogP contribution in [0.4, 0.5) is 8.78 Å². The maximum absolute atomic E-state index is 12.8. The van der Waals surface area contributed by atoms with Crippen molar-refractivity contribution in [3.63, 3.8) is 0 Å². The molecule has 0 amide bonds. The van der Waals surface area contributed by atoms with Crippen LogP contribution in [0.2, 0.25) is 0 Å². The van der Waals surface area contributed by atoms with Gasteiger partial charge in [0.2, 0.25) is 0 Å². The van der Waals surface area contributed by atoms with Crippen LogP contribution in [0.1, 0.15) is 12.8 Å². The number of likely N-dealkylation sites (tertiary alicyclic amines) is 1. The highest BCUT2D eigenvalue weighted by molar-refractivity contribution is 5.73. The average Bonchev–Trinajstić information content (AvgIpc) is 2.42. The summed E-state index contributed by atoms with van der Waals surface area (Å²) >= 11 is 0. The van der Waals surface area contributed by atoms with Crippen molar-refractivity contribution < 1.29 is 23.5 Å². The van der Waals surface area contributed by atoms with Crippen molar-refractivity contribution in [3.8, 4) is 6.07 Å². The van der Waals surface area contributed by atoms with E-state index in [0.717, 1.165) is 6.54 Å². The molecule has 1 rings (SSSR count). The van der Waals surface area contributed by atoms with Crippen LogP contribution in [0.3, 0.4) is 0 Å². The molecule has 0 aromatic rings. The second kappa shape index (κ2) is 7.61. The molecule has 0 saturated carbocycles. The SMILES string of the molecule is CN(C)CCN1CC(NOC(F)(F)C(=O)O)CC[C@H]1C#N. The number of piperidine rings is 1. The molecule has 120 valence electrons. The fourth-order valence-electron chi connectivity index (χ4n) is 2.06. The Kier molecular flexibility index (Phi) is 6.42. The van der Waals surface area contributed by atoms with Crippen molar-refractivity contribution in [1.29, 1.82) is 5.26 Å². The monoisotopic (exact) mass is 306 g/mol. The quantitative estimate of drug-likeness (QED) is 0.645. The molecule has 1 saturated heterocycles. The summed E-state index contributed by atoms with van der Waals surface area (Å²) in [7, 11) is 3.80. The lowest BCUT2D eigenvalue weighted by molar-refractivity contribution is -0.275.